The molecule has 0 amide bonds. The first-order valence-corrected chi connectivity index (χ1v) is 7.37. The van der Waals surface area contributed by atoms with E-state index in [2.05, 4.69) is 4.98 Å². The van der Waals surface area contributed by atoms with Gasteiger partial charge in [-0.3, -0.25) is 0 Å². The van der Waals surface area contributed by atoms with Crippen LogP contribution < -0.4 is 19.3 Å². The third kappa shape index (κ3) is 3.83. The fourth-order valence-corrected chi connectivity index (χ4v) is 2.01. The van der Waals surface area contributed by atoms with Gasteiger partial charge in [-0.15, -0.1) is 0 Å². The SMILES string of the molecule is COc1cc(OC)cc(Oc2ccc(S(N)(=O)=O)cn2)c1. The Balaban J connectivity index is 2.25. The molecule has 0 bridgehead atoms. The van der Waals surface area contributed by atoms with Gasteiger partial charge >= 0.3 is 0 Å². The molecule has 1 heterocycles. The first-order valence-electron chi connectivity index (χ1n) is 5.82. The van der Waals surface area contributed by atoms with Crippen molar-refractivity contribution in [3.63, 3.8) is 0 Å². The fraction of sp³-hybridized carbons (Fsp3) is 0.154. The molecule has 0 unspecified atom stereocenters. The van der Waals surface area contributed by atoms with Crippen molar-refractivity contribution in [1.82, 2.24) is 4.98 Å². The predicted octanol–water partition coefficient (Wildman–Crippen LogP) is 1.54. The number of rotatable bonds is 5. The Morgan fingerprint density at radius 3 is 2.00 bits per heavy atom. The molecule has 1 aromatic carbocycles. The highest BCUT2D eigenvalue weighted by Crippen LogP contribution is 2.30. The Hall–Kier alpha value is -2.32. The number of aromatic nitrogens is 1. The number of pyridine rings is 1. The predicted molar refractivity (Wildman–Crippen MR) is 75.2 cm³/mol. The summed E-state index contributed by atoms with van der Waals surface area (Å²) >= 11 is 0. The molecular formula is C13H14N2O5S. The standard InChI is InChI=1S/C13H14N2O5S/c1-18-9-5-10(19-2)7-11(6-9)20-13-4-3-12(8-15-13)21(14,16)17/h3-8H,1-2H3,(H2,14,16,17). The van der Waals surface area contributed by atoms with Crippen LogP contribution in [0.25, 0.3) is 0 Å². The van der Waals surface area contributed by atoms with Crippen LogP contribution >= 0.6 is 0 Å². The minimum absolute atomic E-state index is 0.0851. The maximum Gasteiger partial charge on any atom is 0.239 e. The molecule has 2 aromatic rings. The number of nitrogens with two attached hydrogens (primary N) is 1. The zero-order valence-corrected chi connectivity index (χ0v) is 12.3. The van der Waals surface area contributed by atoms with Crippen molar-refractivity contribution in [3.05, 3.63) is 36.5 Å². The van der Waals surface area contributed by atoms with Crippen LogP contribution in [0.1, 0.15) is 0 Å². The molecule has 7 nitrogen and oxygen atoms in total. The monoisotopic (exact) mass is 310 g/mol. The van der Waals surface area contributed by atoms with E-state index in [0.717, 1.165) is 6.20 Å². The summed E-state index contributed by atoms with van der Waals surface area (Å²) in [6.07, 6.45) is 1.13. The van der Waals surface area contributed by atoms with Gasteiger partial charge < -0.3 is 14.2 Å². The van der Waals surface area contributed by atoms with Gasteiger partial charge in [0.25, 0.3) is 0 Å². The van der Waals surface area contributed by atoms with Crippen LogP contribution in [0.2, 0.25) is 0 Å². The van der Waals surface area contributed by atoms with Crippen molar-refractivity contribution in [2.75, 3.05) is 14.2 Å². The molecule has 112 valence electrons. The van der Waals surface area contributed by atoms with E-state index < -0.39 is 10.0 Å². The van der Waals surface area contributed by atoms with Gasteiger partial charge in [-0.2, -0.15) is 0 Å². The Morgan fingerprint density at radius 2 is 1.57 bits per heavy atom. The number of ether oxygens (including phenoxy) is 3. The number of sulfonamides is 1. The van der Waals surface area contributed by atoms with Gasteiger partial charge in [-0.25, -0.2) is 18.5 Å². The minimum Gasteiger partial charge on any atom is -0.496 e. The first kappa shape index (κ1) is 15.1. The van der Waals surface area contributed by atoms with Crippen molar-refractivity contribution in [3.8, 4) is 23.1 Å². The summed E-state index contributed by atoms with van der Waals surface area (Å²) in [4.78, 5) is 3.80. The van der Waals surface area contributed by atoms with E-state index in [-0.39, 0.29) is 10.8 Å². The smallest absolute Gasteiger partial charge is 0.239 e. The zero-order valence-electron chi connectivity index (χ0n) is 11.4. The van der Waals surface area contributed by atoms with Gasteiger partial charge in [-0.1, -0.05) is 0 Å². The Morgan fingerprint density at radius 1 is 1.00 bits per heavy atom. The Bertz CT molecular complexity index is 706. The summed E-state index contributed by atoms with van der Waals surface area (Å²) < 4.78 is 38.0. The van der Waals surface area contributed by atoms with Crippen molar-refractivity contribution in [2.45, 2.75) is 4.90 Å². The van der Waals surface area contributed by atoms with Crippen molar-refractivity contribution < 1.29 is 22.6 Å². The van der Waals surface area contributed by atoms with Gasteiger partial charge in [-0.05, 0) is 6.07 Å². The Labute approximate surface area is 122 Å². The highest BCUT2D eigenvalue weighted by atomic mass is 32.2. The van der Waals surface area contributed by atoms with E-state index in [1.54, 1.807) is 18.2 Å². The van der Waals surface area contributed by atoms with Gasteiger partial charge in [0.2, 0.25) is 15.9 Å². The highest BCUT2D eigenvalue weighted by molar-refractivity contribution is 7.89. The topological polar surface area (TPSA) is 101 Å². The number of benzene rings is 1. The van der Waals surface area contributed by atoms with Crippen LogP contribution in [0, 0.1) is 0 Å². The van der Waals surface area contributed by atoms with E-state index in [0.29, 0.717) is 17.2 Å². The number of nitrogens with zero attached hydrogens (tertiary/aromatic N) is 1. The minimum atomic E-state index is -3.77. The zero-order chi connectivity index (χ0) is 15.5. The lowest BCUT2D eigenvalue weighted by atomic mass is 10.3. The maximum atomic E-state index is 11.1. The van der Waals surface area contributed by atoms with Crippen LogP contribution in [-0.2, 0) is 10.0 Å². The average Bonchev–Trinajstić information content (AvgIpc) is 2.46. The molecule has 0 atom stereocenters. The van der Waals surface area contributed by atoms with Gasteiger partial charge in [0, 0.05) is 24.3 Å². The number of primary sulfonamides is 1. The van der Waals surface area contributed by atoms with Crippen molar-refractivity contribution in [1.29, 1.82) is 0 Å². The quantitative estimate of drug-likeness (QED) is 0.899. The molecule has 0 radical (unpaired) electrons. The fourth-order valence-electron chi connectivity index (χ4n) is 1.56. The second kappa shape index (κ2) is 5.98. The molecule has 1 aromatic heterocycles. The van der Waals surface area contributed by atoms with Gasteiger partial charge in [0.15, 0.2) is 0 Å². The lowest BCUT2D eigenvalue weighted by Gasteiger charge is -2.09. The van der Waals surface area contributed by atoms with Crippen LogP contribution in [0.15, 0.2) is 41.4 Å². The molecule has 8 heteroatoms. The number of methoxy groups -OCH3 is 2. The summed E-state index contributed by atoms with van der Waals surface area (Å²) in [7, 11) is -0.721. The number of hydrogen-bond donors (Lipinski definition) is 1. The van der Waals surface area contributed by atoms with Crippen LogP contribution in [0.5, 0.6) is 23.1 Å². The lowest BCUT2D eigenvalue weighted by molar-refractivity contribution is 0.385. The summed E-state index contributed by atoms with van der Waals surface area (Å²) in [6.45, 7) is 0. The summed E-state index contributed by atoms with van der Waals surface area (Å²) in [5.41, 5.74) is 0. The van der Waals surface area contributed by atoms with Crippen LogP contribution in [0.4, 0.5) is 0 Å². The third-order valence-electron chi connectivity index (χ3n) is 2.59. The third-order valence-corrected chi connectivity index (χ3v) is 3.48. The largest absolute Gasteiger partial charge is 0.496 e. The van der Waals surface area contributed by atoms with Gasteiger partial charge in [0.05, 0.1) is 20.4 Å². The molecule has 0 fully saturated rings. The summed E-state index contributed by atoms with van der Waals surface area (Å²) in [5.74, 6) is 1.79. The number of hydrogen-bond acceptors (Lipinski definition) is 6. The molecule has 0 saturated heterocycles. The van der Waals surface area contributed by atoms with E-state index >= 15 is 0 Å². The van der Waals surface area contributed by atoms with Crippen molar-refractivity contribution >= 4 is 10.0 Å². The lowest BCUT2D eigenvalue weighted by Crippen LogP contribution is -2.12. The van der Waals surface area contributed by atoms with Crippen LogP contribution in [-0.4, -0.2) is 27.6 Å². The van der Waals surface area contributed by atoms with E-state index in [1.807, 2.05) is 0 Å². The van der Waals surface area contributed by atoms with E-state index in [1.165, 1.54) is 26.4 Å². The molecule has 0 aliphatic carbocycles. The van der Waals surface area contributed by atoms with E-state index in [9.17, 15) is 8.42 Å². The normalized spacial score (nSPS) is 11.0. The molecule has 2 N–H and O–H groups in total. The molecule has 0 aliphatic heterocycles. The Kier molecular flexibility index (Phi) is 4.29. The highest BCUT2D eigenvalue weighted by Gasteiger charge is 2.09. The second-order valence-corrected chi connectivity index (χ2v) is 5.59. The molecule has 0 spiro atoms. The van der Waals surface area contributed by atoms with E-state index in [4.69, 9.17) is 19.3 Å². The first-order chi connectivity index (χ1) is 9.92. The van der Waals surface area contributed by atoms with Crippen molar-refractivity contribution in [2.24, 2.45) is 5.14 Å². The molecule has 21 heavy (non-hydrogen) atoms. The summed E-state index contributed by atoms with van der Waals surface area (Å²) in [6, 6.07) is 7.72. The second-order valence-electron chi connectivity index (χ2n) is 4.03. The molecule has 2 rings (SSSR count). The molecule has 0 saturated carbocycles. The maximum absolute atomic E-state index is 11.1. The average molecular weight is 310 g/mol. The van der Waals surface area contributed by atoms with Gasteiger partial charge in [0.1, 0.15) is 22.1 Å². The molecule has 0 aliphatic rings. The van der Waals surface area contributed by atoms with Crippen LogP contribution in [0.3, 0.4) is 0 Å². The summed E-state index contributed by atoms with van der Waals surface area (Å²) in [5, 5.41) is 4.99. The molecular weight excluding hydrogens is 296 g/mol.